The van der Waals surface area contributed by atoms with Crippen molar-refractivity contribution in [2.24, 2.45) is 0 Å². The lowest BCUT2D eigenvalue weighted by molar-refractivity contribution is 1.06. The maximum atomic E-state index is 5.72. The molecule has 0 aromatic carbocycles. The number of hydrogen-bond donors (Lipinski definition) is 0. The van der Waals surface area contributed by atoms with E-state index in [9.17, 15) is 0 Å². The lowest BCUT2D eigenvalue weighted by atomic mass is 10.2. The van der Waals surface area contributed by atoms with Crippen LogP contribution in [0.25, 0.3) is 0 Å². The van der Waals surface area contributed by atoms with Gasteiger partial charge in [-0.15, -0.1) is 35.1 Å². The summed E-state index contributed by atoms with van der Waals surface area (Å²) in [6.45, 7) is 2.14. The van der Waals surface area contributed by atoms with Crippen LogP contribution >= 0.6 is 35.1 Å². The molecule has 0 saturated carbocycles. The van der Waals surface area contributed by atoms with Crippen LogP contribution in [-0.2, 0) is 5.75 Å². The molecule has 106 valence electrons. The van der Waals surface area contributed by atoms with E-state index in [-0.39, 0.29) is 0 Å². The van der Waals surface area contributed by atoms with Crippen molar-refractivity contribution >= 4 is 35.1 Å². The average Bonchev–Trinajstić information content (AvgIpc) is 2.49. The van der Waals surface area contributed by atoms with Crippen molar-refractivity contribution in [2.45, 2.75) is 29.0 Å². The molecule has 5 heteroatoms. The minimum absolute atomic E-state index is 0.722. The van der Waals surface area contributed by atoms with Crippen LogP contribution in [0.2, 0.25) is 0 Å². The van der Waals surface area contributed by atoms with Gasteiger partial charge in [-0.25, -0.2) is 4.98 Å². The third-order valence-corrected chi connectivity index (χ3v) is 5.26. The van der Waals surface area contributed by atoms with Crippen molar-refractivity contribution in [3.8, 4) is 0 Å². The molecule has 0 radical (unpaired) electrons. The molecule has 2 aromatic heterocycles. The highest BCUT2D eigenvalue weighted by atomic mass is 35.5. The topological polar surface area (TPSA) is 25.8 Å². The number of nitrogens with zero attached hydrogens (tertiary/aromatic N) is 2. The Morgan fingerprint density at radius 3 is 2.75 bits per heavy atom. The fourth-order valence-electron chi connectivity index (χ4n) is 1.67. The summed E-state index contributed by atoms with van der Waals surface area (Å²) in [4.78, 5) is 10.1. The van der Waals surface area contributed by atoms with E-state index in [2.05, 4.69) is 23.0 Å². The van der Waals surface area contributed by atoms with Crippen LogP contribution in [0.5, 0.6) is 0 Å². The van der Waals surface area contributed by atoms with E-state index in [1.807, 2.05) is 42.4 Å². The zero-order valence-electron chi connectivity index (χ0n) is 11.4. The molecule has 0 aliphatic rings. The molecule has 0 unspecified atom stereocenters. The fourth-order valence-corrected chi connectivity index (χ4v) is 3.85. The summed E-state index contributed by atoms with van der Waals surface area (Å²) in [5, 5.41) is 1.04. The van der Waals surface area contributed by atoms with Gasteiger partial charge in [0, 0.05) is 28.9 Å². The predicted molar refractivity (Wildman–Crippen MR) is 88.8 cm³/mol. The summed E-state index contributed by atoms with van der Waals surface area (Å²) >= 11 is 9.30. The molecule has 0 atom stereocenters. The first-order chi connectivity index (χ1) is 9.81. The van der Waals surface area contributed by atoms with Crippen molar-refractivity contribution in [3.63, 3.8) is 0 Å². The molecular weight excluding hydrogens is 308 g/mol. The molecule has 0 bridgehead atoms. The number of hydrogen-bond acceptors (Lipinski definition) is 4. The molecule has 0 aliphatic heterocycles. The van der Waals surface area contributed by atoms with E-state index in [1.165, 1.54) is 10.5 Å². The third-order valence-electron chi connectivity index (χ3n) is 2.79. The zero-order valence-corrected chi connectivity index (χ0v) is 13.8. The van der Waals surface area contributed by atoms with Gasteiger partial charge in [0.25, 0.3) is 0 Å². The van der Waals surface area contributed by atoms with Gasteiger partial charge in [0.2, 0.25) is 0 Å². The van der Waals surface area contributed by atoms with Gasteiger partial charge in [0.15, 0.2) is 0 Å². The van der Waals surface area contributed by atoms with Crippen LogP contribution in [0.3, 0.4) is 0 Å². The molecule has 0 saturated heterocycles. The first kappa shape index (κ1) is 15.7. The molecule has 2 aromatic rings. The second kappa shape index (κ2) is 8.55. The number of thioether (sulfide) groups is 2. The SMILES string of the molecule is Cc1c(SCCCCl)ccnc1CSc1ccccn1. The molecule has 20 heavy (non-hydrogen) atoms. The van der Waals surface area contributed by atoms with Crippen LogP contribution in [0.1, 0.15) is 17.7 Å². The van der Waals surface area contributed by atoms with Crippen molar-refractivity contribution in [3.05, 3.63) is 47.9 Å². The molecule has 0 amide bonds. The van der Waals surface area contributed by atoms with E-state index in [0.29, 0.717) is 0 Å². The molecule has 0 N–H and O–H groups in total. The second-order valence-corrected chi connectivity index (χ2v) is 6.74. The van der Waals surface area contributed by atoms with Crippen molar-refractivity contribution in [1.82, 2.24) is 9.97 Å². The molecule has 2 heterocycles. The normalized spacial score (nSPS) is 10.7. The first-order valence-electron chi connectivity index (χ1n) is 6.48. The summed E-state index contributed by atoms with van der Waals surface area (Å²) in [6, 6.07) is 8.05. The minimum Gasteiger partial charge on any atom is -0.260 e. The number of pyridine rings is 2. The highest BCUT2D eigenvalue weighted by molar-refractivity contribution is 7.99. The standard InChI is InChI=1S/C15H17ClN2S2/c1-12-13(11-20-15-5-2-3-8-18-15)17-9-6-14(12)19-10-4-7-16/h2-3,5-6,8-9H,4,7,10-11H2,1H3. The van der Waals surface area contributed by atoms with Gasteiger partial charge in [0.05, 0.1) is 10.7 Å². The second-order valence-electron chi connectivity index (χ2n) is 4.23. The number of rotatable bonds is 7. The molecule has 0 spiro atoms. The number of halogens is 1. The summed E-state index contributed by atoms with van der Waals surface area (Å²) in [7, 11) is 0. The number of alkyl halides is 1. The smallest absolute Gasteiger partial charge is 0.0963 e. The van der Waals surface area contributed by atoms with Crippen LogP contribution < -0.4 is 0 Å². The third kappa shape index (κ3) is 4.69. The predicted octanol–water partition coefficient (Wildman–Crippen LogP) is 4.80. The van der Waals surface area contributed by atoms with E-state index in [0.717, 1.165) is 34.5 Å². The highest BCUT2D eigenvalue weighted by Gasteiger charge is 2.07. The number of aromatic nitrogens is 2. The van der Waals surface area contributed by atoms with E-state index >= 15 is 0 Å². The Kier molecular flexibility index (Phi) is 6.70. The van der Waals surface area contributed by atoms with Gasteiger partial charge in [-0.2, -0.15) is 0 Å². The van der Waals surface area contributed by atoms with Gasteiger partial charge >= 0.3 is 0 Å². The van der Waals surface area contributed by atoms with Crippen LogP contribution in [0, 0.1) is 6.92 Å². The Morgan fingerprint density at radius 2 is 2.00 bits per heavy atom. The van der Waals surface area contributed by atoms with Crippen molar-refractivity contribution in [2.75, 3.05) is 11.6 Å². The van der Waals surface area contributed by atoms with Gasteiger partial charge in [-0.1, -0.05) is 6.07 Å². The van der Waals surface area contributed by atoms with Gasteiger partial charge < -0.3 is 0 Å². The lowest BCUT2D eigenvalue weighted by Gasteiger charge is -2.09. The Balaban J connectivity index is 1.99. The minimum atomic E-state index is 0.722. The molecule has 2 nitrogen and oxygen atoms in total. The monoisotopic (exact) mass is 324 g/mol. The quantitative estimate of drug-likeness (QED) is 0.415. The lowest BCUT2D eigenvalue weighted by Crippen LogP contribution is -1.95. The van der Waals surface area contributed by atoms with Crippen molar-refractivity contribution < 1.29 is 0 Å². The summed E-state index contributed by atoms with van der Waals surface area (Å²) < 4.78 is 0. The molecule has 0 aliphatic carbocycles. The Bertz CT molecular complexity index is 535. The van der Waals surface area contributed by atoms with Crippen LogP contribution in [0.15, 0.2) is 46.6 Å². The maximum absolute atomic E-state index is 5.72. The van der Waals surface area contributed by atoms with E-state index in [1.54, 1.807) is 11.8 Å². The van der Waals surface area contributed by atoms with Gasteiger partial charge in [0.1, 0.15) is 0 Å². The highest BCUT2D eigenvalue weighted by Crippen LogP contribution is 2.27. The maximum Gasteiger partial charge on any atom is 0.0963 e. The molecule has 0 fully saturated rings. The molecular formula is C15H17ClN2S2. The van der Waals surface area contributed by atoms with Crippen LogP contribution in [-0.4, -0.2) is 21.6 Å². The average molecular weight is 325 g/mol. The van der Waals surface area contributed by atoms with Gasteiger partial charge in [-0.05, 0) is 42.9 Å². The van der Waals surface area contributed by atoms with Crippen molar-refractivity contribution in [1.29, 1.82) is 0 Å². The summed E-state index contributed by atoms with van der Waals surface area (Å²) in [5.41, 5.74) is 2.41. The fraction of sp³-hybridized carbons (Fsp3) is 0.333. The summed E-state index contributed by atoms with van der Waals surface area (Å²) in [5.74, 6) is 2.63. The van der Waals surface area contributed by atoms with E-state index < -0.39 is 0 Å². The van der Waals surface area contributed by atoms with E-state index in [4.69, 9.17) is 11.6 Å². The van der Waals surface area contributed by atoms with Crippen LogP contribution in [0.4, 0.5) is 0 Å². The Morgan fingerprint density at radius 1 is 1.10 bits per heavy atom. The van der Waals surface area contributed by atoms with Gasteiger partial charge in [-0.3, -0.25) is 4.98 Å². The zero-order chi connectivity index (χ0) is 14.2. The summed E-state index contributed by atoms with van der Waals surface area (Å²) in [6.07, 6.45) is 4.75. The Labute approximate surface area is 133 Å². The first-order valence-corrected chi connectivity index (χ1v) is 8.99. The Hall–Kier alpha value is -0.710. The molecule has 2 rings (SSSR count). The largest absolute Gasteiger partial charge is 0.260 e.